The Bertz CT molecular complexity index is 674. The summed E-state index contributed by atoms with van der Waals surface area (Å²) in [5.41, 5.74) is 6.56. The largest absolute Gasteiger partial charge is 0.495 e. The van der Waals surface area contributed by atoms with E-state index >= 15 is 0 Å². The summed E-state index contributed by atoms with van der Waals surface area (Å²) in [6, 6.07) is 9.62. The molecule has 0 saturated heterocycles. The van der Waals surface area contributed by atoms with Crippen LogP contribution in [0.4, 0.5) is 5.69 Å². The number of hydrogen-bond donors (Lipinski definition) is 1. The molecule has 0 aromatic heterocycles. The van der Waals surface area contributed by atoms with Gasteiger partial charge in [0.25, 0.3) is 0 Å². The van der Waals surface area contributed by atoms with Crippen LogP contribution in [-0.4, -0.2) is 19.5 Å². The van der Waals surface area contributed by atoms with Gasteiger partial charge in [-0.3, -0.25) is 4.79 Å². The van der Waals surface area contributed by atoms with Crippen molar-refractivity contribution >= 4 is 34.7 Å². The molecule has 0 aliphatic heterocycles. The molecule has 110 valence electrons. The van der Waals surface area contributed by atoms with Gasteiger partial charge in [0.05, 0.1) is 17.8 Å². The van der Waals surface area contributed by atoms with Crippen molar-refractivity contribution in [3.63, 3.8) is 0 Å². The number of anilines is 1. The van der Waals surface area contributed by atoms with E-state index in [1.165, 1.54) is 13.2 Å². The van der Waals surface area contributed by atoms with Gasteiger partial charge < -0.3 is 15.2 Å². The van der Waals surface area contributed by atoms with Crippen molar-refractivity contribution in [2.75, 3.05) is 19.5 Å². The molecule has 4 nitrogen and oxygen atoms in total. The number of carbonyl (C=O) groups is 1. The smallest absolute Gasteiger partial charge is 0.201 e. The van der Waals surface area contributed by atoms with Gasteiger partial charge in [0, 0.05) is 16.7 Å². The second kappa shape index (κ2) is 6.70. The van der Waals surface area contributed by atoms with Crippen molar-refractivity contribution in [1.82, 2.24) is 0 Å². The van der Waals surface area contributed by atoms with Gasteiger partial charge >= 0.3 is 0 Å². The minimum atomic E-state index is -0.244. The van der Waals surface area contributed by atoms with Crippen molar-refractivity contribution in [1.29, 1.82) is 0 Å². The third-order valence-electron chi connectivity index (χ3n) is 2.80. The number of Topliss-reactive ketones (excluding diaryl/α,β-unsaturated/α-hetero) is 1. The number of ether oxygens (including phenoxy) is 2. The fourth-order valence-electron chi connectivity index (χ4n) is 1.74. The SMILES string of the molecule is COc1ccc(OCC(=O)c2ccc(Cl)cc2Cl)cc1N. The van der Waals surface area contributed by atoms with Crippen molar-refractivity contribution < 1.29 is 14.3 Å². The Morgan fingerprint density at radius 2 is 1.95 bits per heavy atom. The van der Waals surface area contributed by atoms with E-state index in [2.05, 4.69) is 0 Å². The van der Waals surface area contributed by atoms with Crippen LogP contribution in [0.1, 0.15) is 10.4 Å². The molecule has 21 heavy (non-hydrogen) atoms. The molecule has 2 aromatic carbocycles. The number of benzene rings is 2. The zero-order valence-electron chi connectivity index (χ0n) is 11.2. The summed E-state index contributed by atoms with van der Waals surface area (Å²) in [4.78, 5) is 12.0. The molecule has 0 aliphatic rings. The molecule has 6 heteroatoms. The number of hydrogen-bond acceptors (Lipinski definition) is 4. The number of ketones is 1. The fourth-order valence-corrected chi connectivity index (χ4v) is 2.26. The summed E-state index contributed by atoms with van der Waals surface area (Å²) < 4.78 is 10.5. The van der Waals surface area contributed by atoms with Crippen LogP contribution in [0.3, 0.4) is 0 Å². The van der Waals surface area contributed by atoms with Crippen LogP contribution in [0.5, 0.6) is 11.5 Å². The van der Waals surface area contributed by atoms with Gasteiger partial charge in [0.2, 0.25) is 5.78 Å². The molecule has 0 amide bonds. The average molecular weight is 326 g/mol. The van der Waals surface area contributed by atoms with E-state index in [4.69, 9.17) is 38.4 Å². The summed E-state index contributed by atoms with van der Waals surface area (Å²) in [6.07, 6.45) is 0. The number of halogens is 2. The van der Waals surface area contributed by atoms with Crippen LogP contribution < -0.4 is 15.2 Å². The highest BCUT2D eigenvalue weighted by atomic mass is 35.5. The molecule has 0 saturated carbocycles. The number of carbonyl (C=O) groups excluding carboxylic acids is 1. The number of nitrogens with two attached hydrogens (primary N) is 1. The molecule has 0 aliphatic carbocycles. The molecule has 2 N–H and O–H groups in total. The van der Waals surface area contributed by atoms with E-state index in [0.717, 1.165) is 0 Å². The Hall–Kier alpha value is -1.91. The molecule has 2 rings (SSSR count). The monoisotopic (exact) mass is 325 g/mol. The highest BCUT2D eigenvalue weighted by Gasteiger charge is 2.12. The van der Waals surface area contributed by atoms with Crippen LogP contribution in [-0.2, 0) is 0 Å². The molecule has 0 fully saturated rings. The van der Waals surface area contributed by atoms with Crippen molar-refractivity contribution in [2.24, 2.45) is 0 Å². The Balaban J connectivity index is 2.05. The first-order valence-electron chi connectivity index (χ1n) is 6.06. The summed E-state index contributed by atoms with van der Waals surface area (Å²) in [5, 5.41) is 0.769. The summed E-state index contributed by atoms with van der Waals surface area (Å²) >= 11 is 11.8. The molecule has 0 radical (unpaired) electrons. The molecule has 0 unspecified atom stereocenters. The lowest BCUT2D eigenvalue weighted by Gasteiger charge is -2.09. The van der Waals surface area contributed by atoms with E-state index in [1.54, 1.807) is 30.3 Å². The maximum absolute atomic E-state index is 12.0. The lowest BCUT2D eigenvalue weighted by atomic mass is 10.1. The van der Waals surface area contributed by atoms with Crippen LogP contribution in [0.2, 0.25) is 10.0 Å². The third kappa shape index (κ3) is 3.80. The second-order valence-corrected chi connectivity index (χ2v) is 5.08. The molecule has 2 aromatic rings. The van der Waals surface area contributed by atoms with Crippen LogP contribution in [0.25, 0.3) is 0 Å². The standard InChI is InChI=1S/C15H13Cl2NO3/c1-20-15-5-3-10(7-13(15)18)21-8-14(19)11-4-2-9(16)6-12(11)17/h2-7H,8,18H2,1H3. The highest BCUT2D eigenvalue weighted by Crippen LogP contribution is 2.26. The van der Waals surface area contributed by atoms with Crippen LogP contribution in [0.15, 0.2) is 36.4 Å². The van der Waals surface area contributed by atoms with Crippen LogP contribution in [0, 0.1) is 0 Å². The molecular formula is C15H13Cl2NO3. The van der Waals surface area contributed by atoms with E-state index in [-0.39, 0.29) is 12.4 Å². The topological polar surface area (TPSA) is 61.5 Å². The lowest BCUT2D eigenvalue weighted by molar-refractivity contribution is 0.0921. The van der Waals surface area contributed by atoms with E-state index in [0.29, 0.717) is 32.8 Å². The predicted octanol–water partition coefficient (Wildman–Crippen LogP) is 3.85. The van der Waals surface area contributed by atoms with Crippen molar-refractivity contribution in [2.45, 2.75) is 0 Å². The first kappa shape index (κ1) is 15.5. The molecular weight excluding hydrogens is 313 g/mol. The average Bonchev–Trinajstić information content (AvgIpc) is 2.45. The number of rotatable bonds is 5. The third-order valence-corrected chi connectivity index (χ3v) is 3.35. The van der Waals surface area contributed by atoms with Crippen molar-refractivity contribution in [3.05, 3.63) is 52.0 Å². The van der Waals surface area contributed by atoms with Crippen molar-refractivity contribution in [3.8, 4) is 11.5 Å². The summed E-state index contributed by atoms with van der Waals surface area (Å²) in [7, 11) is 1.53. The first-order chi connectivity index (χ1) is 10.0. The Morgan fingerprint density at radius 1 is 1.19 bits per heavy atom. The molecule has 0 heterocycles. The Labute approximate surface area is 132 Å². The van der Waals surface area contributed by atoms with Gasteiger partial charge in [-0.2, -0.15) is 0 Å². The Kier molecular flexibility index (Phi) is 4.94. The van der Waals surface area contributed by atoms with Gasteiger partial charge in [0.1, 0.15) is 11.5 Å². The second-order valence-electron chi connectivity index (χ2n) is 4.24. The normalized spacial score (nSPS) is 10.2. The number of nitrogen functional groups attached to an aromatic ring is 1. The molecule has 0 atom stereocenters. The summed E-state index contributed by atoms with van der Waals surface area (Å²) in [5.74, 6) is 0.784. The van der Waals surface area contributed by atoms with E-state index < -0.39 is 0 Å². The van der Waals surface area contributed by atoms with E-state index in [9.17, 15) is 4.79 Å². The minimum Gasteiger partial charge on any atom is -0.495 e. The first-order valence-corrected chi connectivity index (χ1v) is 6.81. The van der Waals surface area contributed by atoms with Gasteiger partial charge in [0.15, 0.2) is 6.61 Å². The molecule has 0 spiro atoms. The maximum Gasteiger partial charge on any atom is 0.201 e. The zero-order chi connectivity index (χ0) is 15.4. The quantitative estimate of drug-likeness (QED) is 0.670. The zero-order valence-corrected chi connectivity index (χ0v) is 12.7. The lowest BCUT2D eigenvalue weighted by Crippen LogP contribution is -2.12. The van der Waals surface area contributed by atoms with Crippen LogP contribution >= 0.6 is 23.2 Å². The van der Waals surface area contributed by atoms with Gasteiger partial charge in [-0.25, -0.2) is 0 Å². The number of methoxy groups -OCH3 is 1. The molecule has 0 bridgehead atoms. The maximum atomic E-state index is 12.0. The minimum absolute atomic E-state index is 0.146. The van der Waals surface area contributed by atoms with E-state index in [1.807, 2.05) is 0 Å². The van der Waals surface area contributed by atoms with Gasteiger partial charge in [-0.15, -0.1) is 0 Å². The Morgan fingerprint density at radius 3 is 2.57 bits per heavy atom. The van der Waals surface area contributed by atoms with Gasteiger partial charge in [-0.05, 0) is 30.3 Å². The summed E-state index contributed by atoms with van der Waals surface area (Å²) in [6.45, 7) is -0.146. The highest BCUT2D eigenvalue weighted by molar-refractivity contribution is 6.36. The van der Waals surface area contributed by atoms with Gasteiger partial charge in [-0.1, -0.05) is 23.2 Å². The predicted molar refractivity (Wildman–Crippen MR) is 83.7 cm³/mol. The fraction of sp³-hybridized carbons (Fsp3) is 0.133.